The summed E-state index contributed by atoms with van der Waals surface area (Å²) in [6, 6.07) is 28.7. The van der Waals surface area contributed by atoms with Crippen LogP contribution in [0.4, 0.5) is 23.0 Å². The van der Waals surface area contributed by atoms with Crippen LogP contribution in [0.2, 0.25) is 0 Å². The maximum Gasteiger partial charge on any atom is 0.138 e. The summed E-state index contributed by atoms with van der Waals surface area (Å²) >= 11 is 0. The molecule has 5 rings (SSSR count). The third kappa shape index (κ3) is 10.8. The zero-order chi connectivity index (χ0) is 30.8. The molecule has 0 atom stereocenters. The Balaban J connectivity index is 1.19. The SMILES string of the molecule is C(=C\c1ccc(N(c2ccccn2)c2ccccn2)cc1)/c1ccc(N2CCOCCOCCOCCOCCOCC2)cc1. The molecule has 3 heterocycles. The Hall–Kier alpha value is -4.12. The third-order valence-corrected chi connectivity index (χ3v) is 7.13. The lowest BCUT2D eigenvalue weighted by molar-refractivity contribution is -0.0116. The van der Waals surface area contributed by atoms with E-state index in [0.717, 1.165) is 47.2 Å². The molecule has 9 nitrogen and oxygen atoms in total. The topological polar surface area (TPSA) is 78.4 Å². The van der Waals surface area contributed by atoms with Crippen LogP contribution in [0, 0.1) is 0 Å². The van der Waals surface area contributed by atoms with Crippen LogP contribution < -0.4 is 9.80 Å². The van der Waals surface area contributed by atoms with Crippen molar-refractivity contribution in [3.63, 3.8) is 0 Å². The Morgan fingerprint density at radius 3 is 1.33 bits per heavy atom. The van der Waals surface area contributed by atoms with Gasteiger partial charge in [0.15, 0.2) is 0 Å². The normalized spacial score (nSPS) is 16.6. The van der Waals surface area contributed by atoms with Crippen molar-refractivity contribution in [3.8, 4) is 0 Å². The fourth-order valence-corrected chi connectivity index (χ4v) is 4.78. The lowest BCUT2D eigenvalue weighted by Gasteiger charge is -2.25. The number of hydrogen-bond acceptors (Lipinski definition) is 9. The van der Waals surface area contributed by atoms with E-state index in [1.165, 1.54) is 0 Å². The smallest absolute Gasteiger partial charge is 0.138 e. The van der Waals surface area contributed by atoms with Gasteiger partial charge in [0, 0.05) is 36.9 Å². The first-order chi connectivity index (χ1) is 22.4. The zero-order valence-corrected chi connectivity index (χ0v) is 25.7. The van der Waals surface area contributed by atoms with E-state index < -0.39 is 0 Å². The van der Waals surface area contributed by atoms with Gasteiger partial charge < -0.3 is 28.6 Å². The van der Waals surface area contributed by atoms with Crippen LogP contribution in [0.25, 0.3) is 12.2 Å². The van der Waals surface area contributed by atoms with Crippen molar-refractivity contribution in [2.75, 3.05) is 89.0 Å². The van der Waals surface area contributed by atoms with E-state index in [2.05, 4.69) is 75.6 Å². The fraction of sp³-hybridized carbons (Fsp3) is 0.333. The minimum atomic E-state index is 0.555. The largest absolute Gasteiger partial charge is 0.377 e. The lowest BCUT2D eigenvalue weighted by Crippen LogP contribution is -2.31. The fourth-order valence-electron chi connectivity index (χ4n) is 4.78. The van der Waals surface area contributed by atoms with Gasteiger partial charge in [0.05, 0.1) is 66.1 Å². The van der Waals surface area contributed by atoms with Gasteiger partial charge in [-0.2, -0.15) is 0 Å². The molecular weight excluding hydrogens is 568 g/mol. The second-order valence-corrected chi connectivity index (χ2v) is 10.3. The van der Waals surface area contributed by atoms with Gasteiger partial charge in [0.1, 0.15) is 11.6 Å². The summed E-state index contributed by atoms with van der Waals surface area (Å²) in [4.78, 5) is 13.5. The van der Waals surface area contributed by atoms with Crippen molar-refractivity contribution in [1.29, 1.82) is 0 Å². The van der Waals surface area contributed by atoms with Crippen LogP contribution in [0.3, 0.4) is 0 Å². The molecule has 0 spiro atoms. The number of rotatable bonds is 6. The number of ether oxygens (including phenoxy) is 5. The van der Waals surface area contributed by atoms with Crippen molar-refractivity contribution in [2.24, 2.45) is 0 Å². The van der Waals surface area contributed by atoms with Crippen LogP contribution in [0.5, 0.6) is 0 Å². The molecule has 0 aliphatic carbocycles. The summed E-state index contributed by atoms with van der Waals surface area (Å²) in [7, 11) is 0. The maximum atomic E-state index is 5.83. The highest BCUT2D eigenvalue weighted by Crippen LogP contribution is 2.31. The number of aromatic nitrogens is 2. The molecule has 236 valence electrons. The Bertz CT molecular complexity index is 1330. The molecule has 1 fully saturated rings. The molecule has 0 N–H and O–H groups in total. The molecule has 0 saturated carbocycles. The summed E-state index contributed by atoms with van der Waals surface area (Å²) in [5.74, 6) is 1.63. The van der Waals surface area contributed by atoms with Gasteiger partial charge >= 0.3 is 0 Å². The van der Waals surface area contributed by atoms with E-state index >= 15 is 0 Å². The molecule has 4 aromatic rings. The van der Waals surface area contributed by atoms with Gasteiger partial charge in [-0.3, -0.25) is 4.90 Å². The minimum absolute atomic E-state index is 0.555. The van der Waals surface area contributed by atoms with Crippen LogP contribution in [0.1, 0.15) is 11.1 Å². The Morgan fingerprint density at radius 1 is 0.489 bits per heavy atom. The second kappa shape index (κ2) is 18.6. The van der Waals surface area contributed by atoms with E-state index in [9.17, 15) is 0 Å². The zero-order valence-electron chi connectivity index (χ0n) is 25.7. The van der Waals surface area contributed by atoms with Gasteiger partial charge in [-0.1, -0.05) is 48.6 Å². The number of benzene rings is 2. The predicted octanol–water partition coefficient (Wildman–Crippen LogP) is 6.02. The van der Waals surface area contributed by atoms with Gasteiger partial charge in [-0.25, -0.2) is 9.97 Å². The summed E-state index contributed by atoms with van der Waals surface area (Å²) in [6.45, 7) is 7.20. The molecule has 1 aliphatic heterocycles. The van der Waals surface area contributed by atoms with Crippen molar-refractivity contribution in [1.82, 2.24) is 9.97 Å². The number of hydrogen-bond donors (Lipinski definition) is 0. The number of pyridine rings is 2. The highest BCUT2D eigenvalue weighted by atomic mass is 16.6. The van der Waals surface area contributed by atoms with E-state index in [4.69, 9.17) is 23.7 Å². The van der Waals surface area contributed by atoms with E-state index in [0.29, 0.717) is 66.1 Å². The monoisotopic (exact) mass is 610 g/mol. The van der Waals surface area contributed by atoms with E-state index in [1.807, 2.05) is 41.3 Å². The molecule has 1 saturated heterocycles. The average molecular weight is 611 g/mol. The van der Waals surface area contributed by atoms with Gasteiger partial charge in [0.25, 0.3) is 0 Å². The Kier molecular flexibility index (Phi) is 13.4. The number of anilines is 4. The van der Waals surface area contributed by atoms with Crippen molar-refractivity contribution < 1.29 is 23.7 Å². The lowest BCUT2D eigenvalue weighted by atomic mass is 10.1. The first-order valence-electron chi connectivity index (χ1n) is 15.5. The molecule has 0 amide bonds. The van der Waals surface area contributed by atoms with Gasteiger partial charge in [0.2, 0.25) is 0 Å². The predicted molar refractivity (Wildman–Crippen MR) is 178 cm³/mol. The van der Waals surface area contributed by atoms with E-state index in [1.54, 1.807) is 12.4 Å². The quantitative estimate of drug-likeness (QED) is 0.244. The van der Waals surface area contributed by atoms with Gasteiger partial charge in [-0.15, -0.1) is 0 Å². The molecule has 9 heteroatoms. The highest BCUT2D eigenvalue weighted by Gasteiger charge is 2.14. The highest BCUT2D eigenvalue weighted by molar-refractivity contribution is 5.75. The summed E-state index contributed by atoms with van der Waals surface area (Å²) in [5, 5.41) is 0. The molecule has 45 heavy (non-hydrogen) atoms. The third-order valence-electron chi connectivity index (χ3n) is 7.13. The van der Waals surface area contributed by atoms with Crippen LogP contribution in [-0.2, 0) is 23.7 Å². The van der Waals surface area contributed by atoms with Gasteiger partial charge in [-0.05, 0) is 59.7 Å². The summed E-state index contributed by atoms with van der Waals surface area (Å²) < 4.78 is 28.3. The summed E-state index contributed by atoms with van der Waals surface area (Å²) in [6.07, 6.45) is 7.84. The molecule has 1 aliphatic rings. The van der Waals surface area contributed by atoms with Crippen molar-refractivity contribution in [3.05, 3.63) is 108 Å². The Morgan fingerprint density at radius 2 is 0.911 bits per heavy atom. The molecule has 0 radical (unpaired) electrons. The van der Waals surface area contributed by atoms with Crippen LogP contribution >= 0.6 is 0 Å². The molecule has 0 unspecified atom stereocenters. The first kappa shape index (κ1) is 32.3. The number of nitrogens with zero attached hydrogens (tertiary/aromatic N) is 4. The average Bonchev–Trinajstić information content (AvgIpc) is 3.09. The summed E-state index contributed by atoms with van der Waals surface area (Å²) in [5.41, 5.74) is 4.35. The van der Waals surface area contributed by atoms with Crippen LogP contribution in [0.15, 0.2) is 97.3 Å². The Labute approximate surface area is 266 Å². The standard InChI is InChI=1S/C36H42N4O5/c1-3-17-37-35(5-1)40(36-6-2-4-18-38-36)34-15-11-32(12-16-34)8-7-31-9-13-33(14-10-31)39-19-21-41-23-25-43-27-29-45-30-28-44-26-24-42-22-20-39/h1-18H,19-30H2/b8-7+. The molecule has 2 aromatic carbocycles. The van der Waals surface area contributed by atoms with Crippen LogP contribution in [-0.4, -0.2) is 89.1 Å². The van der Waals surface area contributed by atoms with Crippen molar-refractivity contribution >= 4 is 35.2 Å². The second-order valence-electron chi connectivity index (χ2n) is 10.3. The minimum Gasteiger partial charge on any atom is -0.377 e. The molecular formula is C36H42N4O5. The van der Waals surface area contributed by atoms with E-state index in [-0.39, 0.29) is 0 Å². The maximum absolute atomic E-state index is 5.83. The molecule has 0 bridgehead atoms. The molecule has 2 aromatic heterocycles. The van der Waals surface area contributed by atoms with Crippen molar-refractivity contribution in [2.45, 2.75) is 0 Å². The first-order valence-corrected chi connectivity index (χ1v) is 15.5.